The number of fused-ring (bicyclic) bond motifs is 1. The van der Waals surface area contributed by atoms with Crippen LogP contribution in [-0.4, -0.2) is 12.6 Å². The van der Waals surface area contributed by atoms with Gasteiger partial charge in [-0.05, 0) is 48.6 Å². The van der Waals surface area contributed by atoms with Crippen LogP contribution in [0, 0.1) is 5.92 Å². The monoisotopic (exact) mass is 327 g/mol. The first-order chi connectivity index (χ1) is 9.94. The van der Waals surface area contributed by atoms with Crippen LogP contribution in [0.2, 0.25) is 0 Å². The summed E-state index contributed by atoms with van der Waals surface area (Å²) in [6, 6.07) is 4.76. The van der Waals surface area contributed by atoms with Crippen LogP contribution in [0.3, 0.4) is 0 Å². The van der Waals surface area contributed by atoms with Crippen molar-refractivity contribution in [3.05, 3.63) is 28.7 Å². The van der Waals surface area contributed by atoms with Crippen molar-refractivity contribution in [2.45, 2.75) is 37.0 Å². The molecule has 2 aliphatic rings. The molecule has 1 saturated carbocycles. The molecule has 1 unspecified atom stereocenters. The number of rotatable bonds is 3. The van der Waals surface area contributed by atoms with Gasteiger partial charge in [-0.1, -0.05) is 19.3 Å². The quantitative estimate of drug-likeness (QED) is 0.923. The summed E-state index contributed by atoms with van der Waals surface area (Å²) in [6.07, 6.45) is 7.72. The summed E-state index contributed by atoms with van der Waals surface area (Å²) >= 11 is 0. The lowest BCUT2D eigenvalue weighted by Gasteiger charge is -2.21. The Labute approximate surface area is 126 Å². The van der Waals surface area contributed by atoms with Gasteiger partial charge in [0.15, 0.2) is 0 Å². The van der Waals surface area contributed by atoms with Gasteiger partial charge in [-0.3, -0.25) is 0 Å². The van der Waals surface area contributed by atoms with E-state index in [4.69, 9.17) is 5.14 Å². The Morgan fingerprint density at radius 3 is 2.57 bits per heavy atom. The molecule has 1 heterocycles. The minimum absolute atomic E-state index is 0.0999. The summed E-state index contributed by atoms with van der Waals surface area (Å²) in [5.41, 5.74) is 0.871. The van der Waals surface area contributed by atoms with E-state index in [0.717, 1.165) is 23.3 Å². The van der Waals surface area contributed by atoms with Crippen molar-refractivity contribution in [3.8, 4) is 5.75 Å². The minimum Gasteiger partial charge on any atom is -0.371 e. The van der Waals surface area contributed by atoms with E-state index in [9.17, 15) is 12.6 Å². The molecular formula is C14H17NO4S2. The summed E-state index contributed by atoms with van der Waals surface area (Å²) in [5, 5.41) is 4.85. The van der Waals surface area contributed by atoms with Crippen molar-refractivity contribution >= 4 is 27.2 Å². The van der Waals surface area contributed by atoms with Crippen molar-refractivity contribution in [2.75, 3.05) is 0 Å². The second-order valence-corrected chi connectivity index (χ2v) is 8.03. The number of hydrogen-bond donors (Lipinski definition) is 1. The molecule has 1 fully saturated rings. The fraction of sp³-hybridized carbons (Fsp3) is 0.429. The van der Waals surface area contributed by atoms with Gasteiger partial charge >= 0.3 is 10.3 Å². The molecule has 0 aromatic heterocycles. The van der Waals surface area contributed by atoms with Crippen LogP contribution in [0.4, 0.5) is 0 Å². The molecule has 1 aromatic carbocycles. The van der Waals surface area contributed by atoms with Gasteiger partial charge in [0.2, 0.25) is 0 Å². The molecule has 0 radical (unpaired) electrons. The molecule has 1 aliphatic heterocycles. The van der Waals surface area contributed by atoms with E-state index in [2.05, 4.69) is 4.18 Å². The molecule has 0 bridgehead atoms. The normalized spacial score (nSPS) is 22.7. The van der Waals surface area contributed by atoms with E-state index in [-0.39, 0.29) is 5.75 Å². The van der Waals surface area contributed by atoms with Crippen molar-refractivity contribution in [1.29, 1.82) is 0 Å². The maximum absolute atomic E-state index is 12.6. The summed E-state index contributed by atoms with van der Waals surface area (Å²) in [6.45, 7) is 0. The maximum atomic E-state index is 12.6. The number of nitrogens with two attached hydrogens (primary N) is 1. The topological polar surface area (TPSA) is 86.5 Å². The van der Waals surface area contributed by atoms with E-state index in [1.54, 1.807) is 6.07 Å². The molecule has 1 aromatic rings. The Kier molecular flexibility index (Phi) is 3.90. The number of allylic oxidation sites excluding steroid dienone is 1. The predicted molar refractivity (Wildman–Crippen MR) is 81.1 cm³/mol. The molecule has 3 rings (SSSR count). The van der Waals surface area contributed by atoms with Gasteiger partial charge in [-0.15, -0.1) is 0 Å². The minimum atomic E-state index is -4.06. The lowest BCUT2D eigenvalue weighted by atomic mass is 9.88. The van der Waals surface area contributed by atoms with Crippen molar-refractivity contribution in [3.63, 3.8) is 0 Å². The van der Waals surface area contributed by atoms with Gasteiger partial charge in [0.1, 0.15) is 5.75 Å². The van der Waals surface area contributed by atoms with Gasteiger partial charge in [-0.25, -0.2) is 4.21 Å². The first kappa shape index (κ1) is 14.7. The Balaban J connectivity index is 1.87. The van der Waals surface area contributed by atoms with Gasteiger partial charge in [0.05, 0.1) is 15.7 Å². The van der Waals surface area contributed by atoms with E-state index < -0.39 is 21.1 Å². The molecule has 114 valence electrons. The molecule has 0 spiro atoms. The van der Waals surface area contributed by atoms with Crippen LogP contribution in [0.25, 0.3) is 6.08 Å². The zero-order valence-electron chi connectivity index (χ0n) is 11.4. The summed E-state index contributed by atoms with van der Waals surface area (Å²) in [7, 11) is -5.29. The summed E-state index contributed by atoms with van der Waals surface area (Å²) in [5.74, 6) is 0.470. The van der Waals surface area contributed by atoms with Crippen molar-refractivity contribution in [1.82, 2.24) is 0 Å². The Hall–Kier alpha value is -1.18. The Bertz CT molecular complexity index is 718. The smallest absolute Gasteiger partial charge is 0.371 e. The average molecular weight is 327 g/mol. The standard InChI is InChI=1S/C14H17NO4S2/c15-21(17,18)19-12-7-6-11-8-13(20(16)14(11)9-12)10-4-2-1-3-5-10/h6-10H,1-5H2,(H2,15,17,18). The molecule has 2 N–H and O–H groups in total. The highest BCUT2D eigenvalue weighted by atomic mass is 32.2. The van der Waals surface area contributed by atoms with Crippen LogP contribution in [0.5, 0.6) is 5.75 Å². The third kappa shape index (κ3) is 3.20. The van der Waals surface area contributed by atoms with Gasteiger partial charge in [0, 0.05) is 4.91 Å². The molecule has 0 amide bonds. The molecule has 1 atom stereocenters. The van der Waals surface area contributed by atoms with E-state index in [1.165, 1.54) is 31.4 Å². The summed E-state index contributed by atoms with van der Waals surface area (Å²) in [4.78, 5) is 1.56. The second kappa shape index (κ2) is 5.55. The Morgan fingerprint density at radius 2 is 1.90 bits per heavy atom. The van der Waals surface area contributed by atoms with Crippen molar-refractivity contribution < 1.29 is 16.8 Å². The lowest BCUT2D eigenvalue weighted by Crippen LogP contribution is -2.19. The zero-order chi connectivity index (χ0) is 15.0. The molecule has 7 heteroatoms. The van der Waals surface area contributed by atoms with E-state index in [0.29, 0.717) is 10.8 Å². The highest BCUT2D eigenvalue weighted by molar-refractivity contribution is 7.89. The molecule has 5 nitrogen and oxygen atoms in total. The van der Waals surface area contributed by atoms with Crippen LogP contribution in [0.15, 0.2) is 28.0 Å². The van der Waals surface area contributed by atoms with Gasteiger partial charge < -0.3 is 4.18 Å². The van der Waals surface area contributed by atoms with Gasteiger partial charge in [0.25, 0.3) is 0 Å². The largest absolute Gasteiger partial charge is 0.380 e. The molecule has 1 aliphatic carbocycles. The second-order valence-electron chi connectivity index (χ2n) is 5.43. The highest BCUT2D eigenvalue weighted by Gasteiger charge is 2.29. The van der Waals surface area contributed by atoms with E-state index >= 15 is 0 Å². The first-order valence-corrected chi connectivity index (χ1v) is 9.56. The molecular weight excluding hydrogens is 310 g/mol. The van der Waals surface area contributed by atoms with Gasteiger partial charge in [-0.2, -0.15) is 13.6 Å². The van der Waals surface area contributed by atoms with Crippen LogP contribution in [0.1, 0.15) is 37.7 Å². The average Bonchev–Trinajstić information content (AvgIpc) is 2.75. The van der Waals surface area contributed by atoms with Crippen molar-refractivity contribution in [2.24, 2.45) is 11.1 Å². The third-order valence-electron chi connectivity index (χ3n) is 3.92. The predicted octanol–water partition coefficient (Wildman–Crippen LogP) is 2.31. The third-order valence-corrected chi connectivity index (χ3v) is 5.97. The highest BCUT2D eigenvalue weighted by Crippen LogP contribution is 2.40. The fourth-order valence-electron chi connectivity index (χ4n) is 2.97. The number of benzene rings is 1. The number of hydrogen-bond acceptors (Lipinski definition) is 4. The van der Waals surface area contributed by atoms with Crippen LogP contribution in [-0.2, 0) is 21.1 Å². The molecule has 0 saturated heterocycles. The maximum Gasteiger partial charge on any atom is 0.380 e. The SMILES string of the molecule is NS(=O)(=O)Oc1ccc2c(c1)S(=O)C(C1CCCCC1)=C2. The Morgan fingerprint density at radius 1 is 1.19 bits per heavy atom. The van der Waals surface area contributed by atoms with E-state index in [1.807, 2.05) is 6.08 Å². The van der Waals surface area contributed by atoms with Crippen LogP contribution < -0.4 is 9.32 Å². The zero-order valence-corrected chi connectivity index (χ0v) is 13.1. The first-order valence-electron chi connectivity index (χ1n) is 6.94. The lowest BCUT2D eigenvalue weighted by molar-refractivity contribution is 0.415. The van der Waals surface area contributed by atoms with Crippen LogP contribution >= 0.6 is 0 Å². The molecule has 21 heavy (non-hydrogen) atoms. The summed E-state index contributed by atoms with van der Waals surface area (Å²) < 4.78 is 39.2. The fourth-order valence-corrected chi connectivity index (χ4v) is 4.93.